The van der Waals surface area contributed by atoms with Crippen molar-refractivity contribution >= 4 is 15.9 Å². The van der Waals surface area contributed by atoms with Crippen LogP contribution in [0.25, 0.3) is 0 Å². The summed E-state index contributed by atoms with van der Waals surface area (Å²) in [5.74, 6) is 0.643. The fourth-order valence-electron chi connectivity index (χ4n) is 1.27. The lowest BCUT2D eigenvalue weighted by atomic mass is 10.2. The predicted molar refractivity (Wildman–Crippen MR) is 66.1 cm³/mol. The van der Waals surface area contributed by atoms with Crippen molar-refractivity contribution in [3.05, 3.63) is 33.2 Å². The van der Waals surface area contributed by atoms with E-state index in [1.54, 1.807) is 16.7 Å². The maximum Gasteiger partial charge on any atom is 0.250 e. The Hall–Kier alpha value is -0.610. The molecule has 1 rings (SSSR count). The molecule has 3 nitrogen and oxygen atoms in total. The van der Waals surface area contributed by atoms with Crippen molar-refractivity contribution in [2.45, 2.75) is 20.4 Å². The first-order valence-electron chi connectivity index (χ1n) is 5.16. The van der Waals surface area contributed by atoms with Crippen LogP contribution in [0.1, 0.15) is 13.8 Å². The fourth-order valence-corrected chi connectivity index (χ4v) is 1.65. The monoisotopic (exact) mass is 272 g/mol. The quantitative estimate of drug-likeness (QED) is 0.831. The van der Waals surface area contributed by atoms with Gasteiger partial charge in [-0.2, -0.15) is 0 Å². The third-order valence-electron chi connectivity index (χ3n) is 2.03. The molecule has 1 aromatic heterocycles. The Morgan fingerprint density at radius 2 is 2.20 bits per heavy atom. The lowest BCUT2D eigenvalue weighted by molar-refractivity contribution is 0.519. The number of rotatable bonds is 5. The van der Waals surface area contributed by atoms with Crippen molar-refractivity contribution < 1.29 is 0 Å². The molecule has 0 atom stereocenters. The molecule has 0 bridgehead atoms. The molecule has 0 unspecified atom stereocenters. The van der Waals surface area contributed by atoms with Crippen LogP contribution in [0, 0.1) is 5.92 Å². The van der Waals surface area contributed by atoms with E-state index in [2.05, 4.69) is 35.1 Å². The maximum atomic E-state index is 11.4. The molecule has 0 aliphatic carbocycles. The standard InChI is InChI=1S/C11H17BrN2O/c1-9(2)7-13-5-6-14-8-10(12)3-4-11(14)15/h3-4,8-9,13H,5-7H2,1-2H3. The highest BCUT2D eigenvalue weighted by Gasteiger charge is 1.97. The first-order valence-corrected chi connectivity index (χ1v) is 5.95. The second-order valence-electron chi connectivity index (χ2n) is 3.98. The van der Waals surface area contributed by atoms with E-state index in [1.807, 2.05) is 6.20 Å². The number of pyridine rings is 1. The van der Waals surface area contributed by atoms with Crippen LogP contribution >= 0.6 is 15.9 Å². The summed E-state index contributed by atoms with van der Waals surface area (Å²) in [6.45, 7) is 6.86. The molecule has 15 heavy (non-hydrogen) atoms. The Morgan fingerprint density at radius 3 is 2.87 bits per heavy atom. The van der Waals surface area contributed by atoms with Gasteiger partial charge in [-0.05, 0) is 34.5 Å². The number of nitrogens with zero attached hydrogens (tertiary/aromatic N) is 1. The van der Waals surface area contributed by atoms with Crippen LogP contribution in [-0.4, -0.2) is 17.7 Å². The molecule has 1 N–H and O–H groups in total. The molecule has 84 valence electrons. The number of aromatic nitrogens is 1. The van der Waals surface area contributed by atoms with E-state index in [4.69, 9.17) is 0 Å². The number of halogens is 1. The normalized spacial score (nSPS) is 10.9. The first-order chi connectivity index (χ1) is 7.09. The Balaban J connectivity index is 2.43. The summed E-state index contributed by atoms with van der Waals surface area (Å²) in [4.78, 5) is 11.4. The summed E-state index contributed by atoms with van der Waals surface area (Å²) in [5.41, 5.74) is 0.0459. The van der Waals surface area contributed by atoms with Crippen LogP contribution in [0.15, 0.2) is 27.6 Å². The van der Waals surface area contributed by atoms with Crippen LogP contribution in [0.3, 0.4) is 0 Å². The van der Waals surface area contributed by atoms with Gasteiger partial charge in [-0.15, -0.1) is 0 Å². The van der Waals surface area contributed by atoms with Crippen molar-refractivity contribution in [1.82, 2.24) is 9.88 Å². The summed E-state index contributed by atoms with van der Waals surface area (Å²) in [6, 6.07) is 3.34. The van der Waals surface area contributed by atoms with E-state index >= 15 is 0 Å². The van der Waals surface area contributed by atoms with Gasteiger partial charge in [-0.1, -0.05) is 13.8 Å². The second kappa shape index (κ2) is 6.08. The third-order valence-corrected chi connectivity index (χ3v) is 2.50. The van der Waals surface area contributed by atoms with Crippen molar-refractivity contribution in [2.24, 2.45) is 5.92 Å². The van der Waals surface area contributed by atoms with Gasteiger partial charge in [0, 0.05) is 29.8 Å². The van der Waals surface area contributed by atoms with Gasteiger partial charge in [0.05, 0.1) is 0 Å². The lowest BCUT2D eigenvalue weighted by Gasteiger charge is -2.09. The van der Waals surface area contributed by atoms with Crippen LogP contribution in [-0.2, 0) is 6.54 Å². The zero-order valence-corrected chi connectivity index (χ0v) is 10.8. The summed E-state index contributed by atoms with van der Waals surface area (Å²) >= 11 is 3.35. The van der Waals surface area contributed by atoms with E-state index in [9.17, 15) is 4.79 Å². The highest BCUT2D eigenvalue weighted by atomic mass is 79.9. The smallest absolute Gasteiger partial charge is 0.250 e. The zero-order valence-electron chi connectivity index (χ0n) is 9.16. The molecule has 4 heteroatoms. The minimum absolute atomic E-state index is 0.0459. The van der Waals surface area contributed by atoms with Crippen LogP contribution in [0.2, 0.25) is 0 Å². The van der Waals surface area contributed by atoms with Gasteiger partial charge in [0.1, 0.15) is 0 Å². The third kappa shape index (κ3) is 4.62. The Morgan fingerprint density at radius 1 is 1.47 bits per heavy atom. The first kappa shape index (κ1) is 12.5. The molecule has 0 aliphatic heterocycles. The Kier molecular flexibility index (Phi) is 5.05. The Bertz CT molecular complexity index is 360. The van der Waals surface area contributed by atoms with Gasteiger partial charge in [0.15, 0.2) is 0 Å². The predicted octanol–water partition coefficient (Wildman–Crippen LogP) is 1.86. The topological polar surface area (TPSA) is 34.0 Å². The molecule has 0 spiro atoms. The van der Waals surface area contributed by atoms with E-state index in [0.29, 0.717) is 12.5 Å². The molecule has 0 radical (unpaired) electrons. The molecule has 1 aromatic rings. The highest BCUT2D eigenvalue weighted by molar-refractivity contribution is 9.10. The van der Waals surface area contributed by atoms with Gasteiger partial charge in [0.2, 0.25) is 0 Å². The van der Waals surface area contributed by atoms with Gasteiger partial charge < -0.3 is 9.88 Å². The van der Waals surface area contributed by atoms with Crippen LogP contribution in [0.5, 0.6) is 0 Å². The number of hydrogen-bond acceptors (Lipinski definition) is 2. The van der Waals surface area contributed by atoms with Gasteiger partial charge >= 0.3 is 0 Å². The van der Waals surface area contributed by atoms with Crippen molar-refractivity contribution in [3.8, 4) is 0 Å². The van der Waals surface area contributed by atoms with E-state index in [0.717, 1.165) is 17.6 Å². The average Bonchev–Trinajstić information content (AvgIpc) is 2.17. The molecule has 0 aliphatic rings. The molecule has 0 amide bonds. The van der Waals surface area contributed by atoms with Crippen molar-refractivity contribution in [2.75, 3.05) is 13.1 Å². The van der Waals surface area contributed by atoms with Gasteiger partial charge in [-0.3, -0.25) is 4.79 Å². The molecule has 0 aromatic carbocycles. The SMILES string of the molecule is CC(C)CNCCn1cc(Br)ccc1=O. The number of hydrogen-bond donors (Lipinski definition) is 1. The van der Waals surface area contributed by atoms with Crippen LogP contribution < -0.4 is 10.9 Å². The minimum atomic E-state index is 0.0459. The average molecular weight is 273 g/mol. The van der Waals surface area contributed by atoms with E-state index in [1.165, 1.54) is 0 Å². The van der Waals surface area contributed by atoms with Crippen molar-refractivity contribution in [1.29, 1.82) is 0 Å². The lowest BCUT2D eigenvalue weighted by Crippen LogP contribution is -2.28. The van der Waals surface area contributed by atoms with E-state index < -0.39 is 0 Å². The summed E-state index contributed by atoms with van der Waals surface area (Å²) < 4.78 is 2.64. The molecule has 1 heterocycles. The fraction of sp³-hybridized carbons (Fsp3) is 0.545. The summed E-state index contributed by atoms with van der Waals surface area (Å²) in [5, 5.41) is 3.30. The molecular formula is C11H17BrN2O. The summed E-state index contributed by atoms with van der Waals surface area (Å²) in [6.07, 6.45) is 1.82. The van der Waals surface area contributed by atoms with Crippen LogP contribution in [0.4, 0.5) is 0 Å². The number of nitrogens with one attached hydrogen (secondary N) is 1. The highest BCUT2D eigenvalue weighted by Crippen LogP contribution is 2.04. The molecular weight excluding hydrogens is 256 g/mol. The second-order valence-corrected chi connectivity index (χ2v) is 4.89. The zero-order chi connectivity index (χ0) is 11.3. The van der Waals surface area contributed by atoms with Crippen molar-refractivity contribution in [3.63, 3.8) is 0 Å². The molecule has 0 saturated heterocycles. The van der Waals surface area contributed by atoms with Gasteiger partial charge in [-0.25, -0.2) is 0 Å². The summed E-state index contributed by atoms with van der Waals surface area (Å²) in [7, 11) is 0. The van der Waals surface area contributed by atoms with Gasteiger partial charge in [0.25, 0.3) is 5.56 Å². The maximum absolute atomic E-state index is 11.4. The molecule has 0 saturated carbocycles. The van der Waals surface area contributed by atoms with E-state index in [-0.39, 0.29) is 5.56 Å². The largest absolute Gasteiger partial charge is 0.315 e. The molecule has 0 fully saturated rings. The Labute approximate surface area is 98.6 Å². The minimum Gasteiger partial charge on any atom is -0.315 e.